The quantitative estimate of drug-likeness (QED) is 0.533. The number of amides is 1. The van der Waals surface area contributed by atoms with E-state index in [1.54, 1.807) is 18.2 Å². The van der Waals surface area contributed by atoms with E-state index in [0.29, 0.717) is 10.4 Å². The van der Waals surface area contributed by atoms with Gasteiger partial charge in [0, 0.05) is 11.6 Å². The Labute approximate surface area is 118 Å². The number of nitrogens with one attached hydrogen (secondary N) is 1. The Kier molecular flexibility index (Phi) is 4.21. The van der Waals surface area contributed by atoms with E-state index in [4.69, 9.17) is 0 Å². The Hall–Kier alpha value is -2.54. The number of carbonyl (C=O) groups is 1. The maximum atomic E-state index is 11.7. The molecule has 0 aliphatic carbocycles. The van der Waals surface area contributed by atoms with Crippen LogP contribution in [0, 0.1) is 17.0 Å². The molecule has 0 radical (unpaired) electrons. The molecule has 1 N–H and O–H groups in total. The molecule has 0 saturated heterocycles. The predicted octanol–water partition coefficient (Wildman–Crippen LogP) is 2.73. The van der Waals surface area contributed by atoms with Crippen molar-refractivity contribution in [2.24, 2.45) is 5.10 Å². The second-order valence-electron chi connectivity index (χ2n) is 4.00. The molecule has 0 spiro atoms. The van der Waals surface area contributed by atoms with Crippen LogP contribution in [0.5, 0.6) is 0 Å². The van der Waals surface area contributed by atoms with Gasteiger partial charge in [-0.3, -0.25) is 14.9 Å². The van der Waals surface area contributed by atoms with Gasteiger partial charge in [0.25, 0.3) is 5.91 Å². The van der Waals surface area contributed by atoms with Crippen molar-refractivity contribution in [2.45, 2.75) is 6.92 Å². The molecule has 0 bridgehead atoms. The number of hydrogen-bond acceptors (Lipinski definition) is 5. The van der Waals surface area contributed by atoms with Gasteiger partial charge in [-0.2, -0.15) is 5.10 Å². The number of aryl methyl sites for hydroxylation is 1. The third-order valence-electron chi connectivity index (χ3n) is 2.46. The Morgan fingerprint density at radius 3 is 2.60 bits per heavy atom. The summed E-state index contributed by atoms with van der Waals surface area (Å²) in [5.74, 6) is -0.327. The Morgan fingerprint density at radius 2 is 2.00 bits per heavy atom. The van der Waals surface area contributed by atoms with Crippen molar-refractivity contribution in [1.29, 1.82) is 0 Å². The average Bonchev–Trinajstić information content (AvgIpc) is 2.88. The third kappa shape index (κ3) is 3.48. The van der Waals surface area contributed by atoms with E-state index in [0.717, 1.165) is 16.9 Å². The fourth-order valence-electron chi connectivity index (χ4n) is 1.43. The van der Waals surface area contributed by atoms with E-state index in [9.17, 15) is 14.9 Å². The summed E-state index contributed by atoms with van der Waals surface area (Å²) in [5.41, 5.74) is 3.94. The van der Waals surface area contributed by atoms with Crippen LogP contribution in [0.15, 0.2) is 41.5 Å². The van der Waals surface area contributed by atoms with Crippen LogP contribution < -0.4 is 5.43 Å². The maximum absolute atomic E-state index is 11.7. The second-order valence-corrected chi connectivity index (χ2v) is 5.09. The van der Waals surface area contributed by atoms with E-state index in [1.807, 2.05) is 19.1 Å². The molecule has 1 amide bonds. The van der Waals surface area contributed by atoms with E-state index >= 15 is 0 Å². The van der Waals surface area contributed by atoms with E-state index in [-0.39, 0.29) is 10.9 Å². The molecule has 20 heavy (non-hydrogen) atoms. The van der Waals surface area contributed by atoms with Gasteiger partial charge < -0.3 is 0 Å². The minimum absolute atomic E-state index is 0.0383. The molecular formula is C13H11N3O3S. The molecule has 0 unspecified atom stereocenters. The monoisotopic (exact) mass is 289 g/mol. The summed E-state index contributed by atoms with van der Waals surface area (Å²) in [6, 6.07) is 10.0. The van der Waals surface area contributed by atoms with Crippen molar-refractivity contribution in [3.8, 4) is 0 Å². The number of benzene rings is 1. The van der Waals surface area contributed by atoms with Crippen molar-refractivity contribution in [3.63, 3.8) is 0 Å². The summed E-state index contributed by atoms with van der Waals surface area (Å²) >= 11 is 0.991. The molecule has 102 valence electrons. The van der Waals surface area contributed by atoms with Crippen molar-refractivity contribution in [1.82, 2.24) is 5.43 Å². The molecular weight excluding hydrogens is 278 g/mol. The van der Waals surface area contributed by atoms with Crippen molar-refractivity contribution in [2.75, 3.05) is 0 Å². The highest BCUT2D eigenvalue weighted by Crippen LogP contribution is 2.22. The highest BCUT2D eigenvalue weighted by molar-refractivity contribution is 7.16. The molecule has 0 atom stereocenters. The van der Waals surface area contributed by atoms with Crippen LogP contribution in [0.4, 0.5) is 5.00 Å². The average molecular weight is 289 g/mol. The van der Waals surface area contributed by atoms with Crippen LogP contribution in [0.2, 0.25) is 0 Å². The van der Waals surface area contributed by atoms with Crippen LogP contribution in [0.3, 0.4) is 0 Å². The lowest BCUT2D eigenvalue weighted by molar-refractivity contribution is -0.380. The molecule has 6 nitrogen and oxygen atoms in total. The van der Waals surface area contributed by atoms with Gasteiger partial charge in [0.05, 0.1) is 16.0 Å². The highest BCUT2D eigenvalue weighted by atomic mass is 32.1. The van der Waals surface area contributed by atoms with Crippen LogP contribution in [-0.2, 0) is 0 Å². The normalized spacial score (nSPS) is 10.7. The Morgan fingerprint density at radius 1 is 1.30 bits per heavy atom. The molecule has 0 saturated carbocycles. The van der Waals surface area contributed by atoms with Crippen LogP contribution in [-0.4, -0.2) is 17.0 Å². The van der Waals surface area contributed by atoms with Gasteiger partial charge in [0.2, 0.25) is 0 Å². The molecule has 1 heterocycles. The topological polar surface area (TPSA) is 84.6 Å². The first kappa shape index (κ1) is 13.9. The second kappa shape index (κ2) is 6.07. The fourth-order valence-corrected chi connectivity index (χ4v) is 2.13. The minimum Gasteiger partial charge on any atom is -0.267 e. The van der Waals surface area contributed by atoms with Gasteiger partial charge in [-0.1, -0.05) is 29.0 Å². The number of carbonyl (C=O) groups excluding carboxylic acids is 1. The van der Waals surface area contributed by atoms with Crippen molar-refractivity contribution >= 4 is 28.5 Å². The van der Waals surface area contributed by atoms with Gasteiger partial charge in [-0.05, 0) is 25.1 Å². The molecule has 2 rings (SSSR count). The zero-order chi connectivity index (χ0) is 14.5. The zero-order valence-electron chi connectivity index (χ0n) is 10.6. The molecule has 7 heteroatoms. The first-order chi connectivity index (χ1) is 9.56. The zero-order valence-corrected chi connectivity index (χ0v) is 11.4. The van der Waals surface area contributed by atoms with E-state index in [2.05, 4.69) is 10.5 Å². The first-order valence-corrected chi connectivity index (χ1v) is 6.52. The number of hydrogen-bond donors (Lipinski definition) is 1. The molecule has 0 aliphatic rings. The Bertz CT molecular complexity index is 662. The lowest BCUT2D eigenvalue weighted by Crippen LogP contribution is -2.17. The summed E-state index contributed by atoms with van der Waals surface area (Å²) in [4.78, 5) is 22.4. The first-order valence-electron chi connectivity index (χ1n) is 5.70. The smallest absolute Gasteiger partial charge is 0.267 e. The largest absolute Gasteiger partial charge is 0.324 e. The summed E-state index contributed by atoms with van der Waals surface area (Å²) < 4.78 is 0. The van der Waals surface area contributed by atoms with Crippen molar-refractivity contribution in [3.05, 3.63) is 62.5 Å². The molecule has 2 aromatic rings. The molecule has 0 aliphatic heterocycles. The van der Waals surface area contributed by atoms with Crippen LogP contribution >= 0.6 is 11.3 Å². The molecule has 1 aromatic carbocycles. The molecule has 0 fully saturated rings. The van der Waals surface area contributed by atoms with E-state index < -0.39 is 4.92 Å². The van der Waals surface area contributed by atoms with Crippen LogP contribution in [0.25, 0.3) is 0 Å². The van der Waals surface area contributed by atoms with Gasteiger partial charge in [0.1, 0.15) is 0 Å². The number of hydrazone groups is 1. The van der Waals surface area contributed by atoms with Crippen molar-refractivity contribution < 1.29 is 9.72 Å². The number of thiophene rings is 1. The van der Waals surface area contributed by atoms with Crippen LogP contribution in [0.1, 0.15) is 20.8 Å². The number of nitrogens with zero attached hydrogens (tertiary/aromatic N) is 2. The maximum Gasteiger partial charge on any atom is 0.324 e. The van der Waals surface area contributed by atoms with Gasteiger partial charge in [0.15, 0.2) is 0 Å². The van der Waals surface area contributed by atoms with Gasteiger partial charge in [-0.15, -0.1) is 0 Å². The number of nitro groups is 1. The lowest BCUT2D eigenvalue weighted by Gasteiger charge is -1.99. The SMILES string of the molecule is Cc1ccc(C(=O)NN=Cc2ccc([N+](=O)[O-])s2)cc1. The molecule has 1 aromatic heterocycles. The standard InChI is InChI=1S/C13H11N3O3S/c1-9-2-4-10(5-3-9)13(17)15-14-8-11-6-7-12(20-11)16(18)19/h2-8H,1H3,(H,15,17). The fraction of sp³-hybridized carbons (Fsp3) is 0.0769. The summed E-state index contributed by atoms with van der Waals surface area (Å²) in [6.45, 7) is 1.93. The minimum atomic E-state index is -0.465. The van der Waals surface area contributed by atoms with Gasteiger partial charge >= 0.3 is 5.00 Å². The summed E-state index contributed by atoms with van der Waals surface area (Å²) in [6.07, 6.45) is 1.38. The highest BCUT2D eigenvalue weighted by Gasteiger charge is 2.08. The summed E-state index contributed by atoms with van der Waals surface area (Å²) in [5, 5.41) is 14.3. The lowest BCUT2D eigenvalue weighted by atomic mass is 10.1. The number of rotatable bonds is 4. The Balaban J connectivity index is 1.97. The predicted molar refractivity (Wildman–Crippen MR) is 77.2 cm³/mol. The van der Waals surface area contributed by atoms with Gasteiger partial charge in [-0.25, -0.2) is 5.43 Å². The van der Waals surface area contributed by atoms with E-state index in [1.165, 1.54) is 12.3 Å². The summed E-state index contributed by atoms with van der Waals surface area (Å²) in [7, 11) is 0. The third-order valence-corrected chi connectivity index (χ3v) is 3.44.